The highest BCUT2D eigenvalue weighted by Crippen LogP contribution is 2.56. The van der Waals surface area contributed by atoms with Crippen LogP contribution in [0.5, 0.6) is 0 Å². The molecule has 0 saturated heterocycles. The molecule has 116 valence electrons. The van der Waals surface area contributed by atoms with Gasteiger partial charge in [0, 0.05) is 11.8 Å². The van der Waals surface area contributed by atoms with Crippen molar-refractivity contribution in [1.29, 1.82) is 0 Å². The van der Waals surface area contributed by atoms with Crippen LogP contribution in [0.3, 0.4) is 0 Å². The maximum atomic E-state index is 12.9. The van der Waals surface area contributed by atoms with Crippen LogP contribution >= 0.6 is 0 Å². The third-order valence-electron chi connectivity index (χ3n) is 5.84. The largest absolute Gasteiger partial charge is 0.352 e. The van der Waals surface area contributed by atoms with Gasteiger partial charge < -0.3 is 0 Å². The maximum Gasteiger partial charge on any atom is 0.352 e. The second-order valence-corrected chi connectivity index (χ2v) is 6.71. The highest BCUT2D eigenvalue weighted by atomic mass is 16.2. The molecule has 2 aromatic rings. The van der Waals surface area contributed by atoms with Gasteiger partial charge in [0.25, 0.3) is 0 Å². The number of benzene rings is 1. The van der Waals surface area contributed by atoms with E-state index in [2.05, 4.69) is 26.0 Å². The fourth-order valence-corrected chi connectivity index (χ4v) is 4.65. The topological polar surface area (TPSA) is 48.9 Å². The zero-order valence-electron chi connectivity index (χ0n) is 13.0. The molecule has 2 aliphatic heterocycles. The average molecular weight is 307 g/mol. The van der Waals surface area contributed by atoms with Crippen molar-refractivity contribution in [2.45, 2.75) is 25.9 Å². The first-order valence-electron chi connectivity index (χ1n) is 7.98. The van der Waals surface area contributed by atoms with Gasteiger partial charge in [0.05, 0.1) is 17.8 Å². The summed E-state index contributed by atoms with van der Waals surface area (Å²) in [6, 6.07) is 9.08. The van der Waals surface area contributed by atoms with Crippen molar-refractivity contribution >= 4 is 0 Å². The van der Waals surface area contributed by atoms with E-state index in [1.54, 1.807) is 21.5 Å². The quantitative estimate of drug-likeness (QED) is 0.757. The molecule has 4 unspecified atom stereocenters. The number of hydrogen-bond acceptors (Lipinski definition) is 2. The van der Waals surface area contributed by atoms with Gasteiger partial charge in [0.15, 0.2) is 0 Å². The highest BCUT2D eigenvalue weighted by molar-refractivity contribution is 5.40. The van der Waals surface area contributed by atoms with E-state index in [4.69, 9.17) is 0 Å². The first-order chi connectivity index (χ1) is 11.1. The number of hydrogen-bond donors (Lipinski definition) is 0. The number of para-hydroxylation sites is 1. The molecule has 1 aromatic heterocycles. The van der Waals surface area contributed by atoms with Crippen molar-refractivity contribution in [2.75, 3.05) is 0 Å². The molecule has 2 aliphatic carbocycles. The van der Waals surface area contributed by atoms with Gasteiger partial charge in [-0.2, -0.15) is 0 Å². The Hall–Kier alpha value is -2.56. The lowest BCUT2D eigenvalue weighted by Crippen LogP contribution is -2.53. The summed E-state index contributed by atoms with van der Waals surface area (Å²) in [5.41, 5.74) is 2.89. The van der Waals surface area contributed by atoms with Gasteiger partial charge in [-0.1, -0.05) is 41.5 Å². The van der Waals surface area contributed by atoms with E-state index in [0.29, 0.717) is 17.5 Å². The van der Waals surface area contributed by atoms with Crippen LogP contribution in [-0.2, 0) is 0 Å². The van der Waals surface area contributed by atoms with Crippen molar-refractivity contribution in [3.63, 3.8) is 0 Å². The molecule has 0 saturated carbocycles. The van der Waals surface area contributed by atoms with Crippen molar-refractivity contribution in [3.8, 4) is 5.69 Å². The summed E-state index contributed by atoms with van der Waals surface area (Å²) in [5, 5.41) is 0. The van der Waals surface area contributed by atoms with E-state index in [0.717, 1.165) is 0 Å². The minimum Gasteiger partial charge on any atom is -0.245 e. The average Bonchev–Trinajstić information content (AvgIpc) is 2.87. The van der Waals surface area contributed by atoms with Gasteiger partial charge in [-0.15, -0.1) is 0 Å². The molecule has 0 fully saturated rings. The van der Waals surface area contributed by atoms with E-state index in [9.17, 15) is 9.59 Å². The van der Waals surface area contributed by atoms with E-state index in [1.165, 1.54) is 15.7 Å². The highest BCUT2D eigenvalue weighted by Gasteiger charge is 2.53. The lowest BCUT2D eigenvalue weighted by Gasteiger charge is -2.53. The van der Waals surface area contributed by atoms with Crippen LogP contribution in [-0.4, -0.2) is 13.9 Å². The van der Waals surface area contributed by atoms with Crippen LogP contribution in [0.2, 0.25) is 0 Å². The molecular weight excluding hydrogens is 290 g/mol. The van der Waals surface area contributed by atoms with Crippen LogP contribution in [0.4, 0.5) is 0 Å². The van der Waals surface area contributed by atoms with Crippen LogP contribution in [0.15, 0.2) is 63.2 Å². The summed E-state index contributed by atoms with van der Waals surface area (Å²) in [6.07, 6.45) is 4.19. The van der Waals surface area contributed by atoms with E-state index >= 15 is 0 Å². The van der Waals surface area contributed by atoms with Crippen molar-refractivity contribution in [2.24, 2.45) is 11.8 Å². The SMILES string of the molecule is CC1=C(C)C2C1C1C=CC2n2c(=O)n(-c3ccccc3)c(=O)n21. The van der Waals surface area contributed by atoms with E-state index in [1.807, 2.05) is 18.2 Å². The molecule has 1 aromatic carbocycles. The minimum absolute atomic E-state index is 0.0427. The zero-order chi connectivity index (χ0) is 15.9. The van der Waals surface area contributed by atoms with Gasteiger partial charge >= 0.3 is 11.4 Å². The smallest absolute Gasteiger partial charge is 0.245 e. The fourth-order valence-electron chi connectivity index (χ4n) is 4.65. The second-order valence-electron chi connectivity index (χ2n) is 6.71. The van der Waals surface area contributed by atoms with E-state index < -0.39 is 0 Å². The molecule has 4 atom stereocenters. The molecule has 0 N–H and O–H groups in total. The number of allylic oxidation sites excluding steroid dienone is 4. The summed E-state index contributed by atoms with van der Waals surface area (Å²) in [6.45, 7) is 4.29. The normalized spacial score (nSPS) is 30.2. The first-order valence-corrected chi connectivity index (χ1v) is 7.98. The molecule has 2 bridgehead atoms. The molecule has 0 amide bonds. The fraction of sp³-hybridized carbons (Fsp3) is 0.333. The predicted octanol–water partition coefficient (Wildman–Crippen LogP) is 2.05. The lowest BCUT2D eigenvalue weighted by molar-refractivity contribution is 0.114. The molecular formula is C18H17N3O2. The van der Waals surface area contributed by atoms with Gasteiger partial charge in [0.2, 0.25) is 0 Å². The molecule has 0 radical (unpaired) electrons. The van der Waals surface area contributed by atoms with Crippen LogP contribution in [0.1, 0.15) is 25.9 Å². The Bertz CT molecular complexity index is 944. The Morgan fingerprint density at radius 1 is 0.783 bits per heavy atom. The minimum atomic E-state index is -0.239. The Morgan fingerprint density at radius 2 is 1.26 bits per heavy atom. The van der Waals surface area contributed by atoms with Gasteiger partial charge in [-0.3, -0.25) is 0 Å². The van der Waals surface area contributed by atoms with Crippen molar-refractivity contribution < 1.29 is 0 Å². The van der Waals surface area contributed by atoms with Crippen molar-refractivity contribution in [3.05, 3.63) is 74.6 Å². The summed E-state index contributed by atoms with van der Waals surface area (Å²) in [4.78, 5) is 25.9. The standard InChI is InChI=1S/C18H17N3O2/c1-10-11(2)16-14-9-8-13(15(10)16)20-17(22)19(18(23)21(14)20)12-6-4-3-5-7-12/h3-9,13-16H,1-2H3. The van der Waals surface area contributed by atoms with Gasteiger partial charge in [-0.25, -0.2) is 23.5 Å². The predicted molar refractivity (Wildman–Crippen MR) is 86.9 cm³/mol. The molecule has 0 spiro atoms. The first kappa shape index (κ1) is 12.9. The monoisotopic (exact) mass is 307 g/mol. The summed E-state index contributed by atoms with van der Waals surface area (Å²) in [7, 11) is 0. The Morgan fingerprint density at radius 3 is 1.74 bits per heavy atom. The third-order valence-corrected chi connectivity index (χ3v) is 5.84. The molecule has 3 heterocycles. The Labute approximate surface area is 132 Å². The zero-order valence-corrected chi connectivity index (χ0v) is 13.0. The van der Waals surface area contributed by atoms with Crippen LogP contribution < -0.4 is 11.4 Å². The molecule has 5 heteroatoms. The Balaban J connectivity index is 1.79. The number of aromatic nitrogens is 3. The van der Waals surface area contributed by atoms with Crippen LogP contribution in [0, 0.1) is 11.8 Å². The molecule has 6 rings (SSSR count). The molecule has 4 aliphatic rings. The lowest BCUT2D eigenvalue weighted by atomic mass is 9.59. The van der Waals surface area contributed by atoms with Gasteiger partial charge in [-0.05, 0) is 26.0 Å². The van der Waals surface area contributed by atoms with E-state index in [-0.39, 0.29) is 23.5 Å². The molecule has 5 nitrogen and oxygen atoms in total. The second kappa shape index (κ2) is 4.04. The molecule has 23 heavy (non-hydrogen) atoms. The summed E-state index contributed by atoms with van der Waals surface area (Å²) < 4.78 is 4.62. The Kier molecular flexibility index (Phi) is 2.27. The number of nitrogens with zero attached hydrogens (tertiary/aromatic N) is 3. The summed E-state index contributed by atoms with van der Waals surface area (Å²) >= 11 is 0. The van der Waals surface area contributed by atoms with Crippen molar-refractivity contribution in [1.82, 2.24) is 13.9 Å². The van der Waals surface area contributed by atoms with Gasteiger partial charge in [0.1, 0.15) is 0 Å². The number of rotatable bonds is 1. The third kappa shape index (κ3) is 1.34. The maximum absolute atomic E-state index is 12.9. The van der Waals surface area contributed by atoms with Crippen LogP contribution in [0.25, 0.3) is 5.69 Å². The summed E-state index contributed by atoms with van der Waals surface area (Å²) in [5.74, 6) is 0.711.